The molecule has 1 N–H and O–H groups in total. The van der Waals surface area contributed by atoms with Gasteiger partial charge in [0.2, 0.25) is 0 Å². The van der Waals surface area contributed by atoms with E-state index in [2.05, 4.69) is 12.2 Å². The predicted molar refractivity (Wildman–Crippen MR) is 58.3 cm³/mol. The van der Waals surface area contributed by atoms with Crippen LogP contribution in [0, 0.1) is 5.92 Å². The lowest BCUT2D eigenvalue weighted by Gasteiger charge is -2.16. The van der Waals surface area contributed by atoms with E-state index in [-0.39, 0.29) is 12.0 Å². The van der Waals surface area contributed by atoms with Crippen LogP contribution in [0.5, 0.6) is 0 Å². The topological polar surface area (TPSA) is 20.2 Å². The molecule has 0 fully saturated rings. The Morgan fingerprint density at radius 2 is 2.00 bits per heavy atom. The Hall–Kier alpha value is -0.790. The van der Waals surface area contributed by atoms with Crippen LogP contribution in [0.3, 0.4) is 0 Å². The lowest BCUT2D eigenvalue weighted by molar-refractivity contribution is 0.131. The first-order chi connectivity index (χ1) is 6.77. The van der Waals surface area contributed by atoms with Gasteiger partial charge in [-0.2, -0.15) is 0 Å². The summed E-state index contributed by atoms with van der Waals surface area (Å²) in [5, 5.41) is 10.7. The molecule has 0 radical (unpaired) electrons. The average molecular weight is 209 g/mol. The fourth-order valence-electron chi connectivity index (χ4n) is 1.83. The zero-order valence-electron chi connectivity index (χ0n) is 7.86. The molecule has 1 aromatic rings. The molecule has 0 bridgehead atoms. The molecule has 0 aromatic heterocycles. The van der Waals surface area contributed by atoms with Crippen LogP contribution in [0.2, 0.25) is 5.02 Å². The molecule has 1 aliphatic carbocycles. The van der Waals surface area contributed by atoms with Crippen molar-refractivity contribution >= 4 is 11.6 Å². The summed E-state index contributed by atoms with van der Waals surface area (Å²) in [7, 11) is 0. The Bertz CT molecular complexity index is 329. The van der Waals surface area contributed by atoms with Crippen molar-refractivity contribution in [3.05, 3.63) is 47.0 Å². The largest absolute Gasteiger partial charge is 0.388 e. The molecule has 2 heteroatoms. The van der Waals surface area contributed by atoms with Crippen LogP contribution in [-0.4, -0.2) is 5.11 Å². The first-order valence-corrected chi connectivity index (χ1v) is 5.25. The maximum atomic E-state index is 10.0. The van der Waals surface area contributed by atoms with E-state index in [1.165, 1.54) is 0 Å². The van der Waals surface area contributed by atoms with Crippen molar-refractivity contribution in [2.75, 3.05) is 0 Å². The number of aliphatic hydroxyl groups excluding tert-OH is 1. The minimum Gasteiger partial charge on any atom is -0.388 e. The highest BCUT2D eigenvalue weighted by Crippen LogP contribution is 2.31. The third-order valence-electron chi connectivity index (χ3n) is 2.67. The van der Waals surface area contributed by atoms with Crippen LogP contribution >= 0.6 is 11.6 Å². The number of rotatable bonds is 2. The SMILES string of the molecule is O[C@@H](c1ccc(Cl)cc1)[C@@H]1C=CCC1. The lowest BCUT2D eigenvalue weighted by Crippen LogP contribution is -2.07. The van der Waals surface area contributed by atoms with E-state index in [1.807, 2.05) is 24.3 Å². The number of benzene rings is 1. The van der Waals surface area contributed by atoms with Gasteiger partial charge < -0.3 is 5.11 Å². The van der Waals surface area contributed by atoms with Crippen molar-refractivity contribution in [3.63, 3.8) is 0 Å². The second-order valence-electron chi connectivity index (χ2n) is 3.67. The van der Waals surface area contributed by atoms with E-state index in [1.54, 1.807) is 0 Å². The number of hydrogen-bond acceptors (Lipinski definition) is 1. The Morgan fingerprint density at radius 1 is 1.29 bits per heavy atom. The molecule has 0 amide bonds. The number of halogens is 1. The number of hydrogen-bond donors (Lipinski definition) is 1. The third-order valence-corrected chi connectivity index (χ3v) is 2.92. The summed E-state index contributed by atoms with van der Waals surface area (Å²) in [6.07, 6.45) is 5.97. The molecule has 0 unspecified atom stereocenters. The third kappa shape index (κ3) is 1.99. The van der Waals surface area contributed by atoms with Gasteiger partial charge in [0.05, 0.1) is 6.10 Å². The number of aliphatic hydroxyl groups is 1. The van der Waals surface area contributed by atoms with E-state index in [9.17, 15) is 5.11 Å². The molecule has 0 heterocycles. The van der Waals surface area contributed by atoms with E-state index >= 15 is 0 Å². The molecule has 0 spiro atoms. The van der Waals surface area contributed by atoms with Gasteiger partial charge >= 0.3 is 0 Å². The molecule has 0 aliphatic heterocycles. The summed E-state index contributed by atoms with van der Waals surface area (Å²) in [5.41, 5.74) is 0.950. The summed E-state index contributed by atoms with van der Waals surface area (Å²) >= 11 is 5.78. The van der Waals surface area contributed by atoms with Gasteiger partial charge in [0.15, 0.2) is 0 Å². The second kappa shape index (κ2) is 4.16. The van der Waals surface area contributed by atoms with Gasteiger partial charge in [-0.1, -0.05) is 35.9 Å². The molecule has 1 aliphatic rings. The van der Waals surface area contributed by atoms with Gasteiger partial charge in [0.1, 0.15) is 0 Å². The van der Waals surface area contributed by atoms with Crippen molar-refractivity contribution in [1.82, 2.24) is 0 Å². The summed E-state index contributed by atoms with van der Waals surface area (Å²) in [5.74, 6) is 0.274. The number of allylic oxidation sites excluding steroid dienone is 1. The monoisotopic (exact) mass is 208 g/mol. The Labute approximate surface area is 89.0 Å². The summed E-state index contributed by atoms with van der Waals surface area (Å²) in [4.78, 5) is 0. The van der Waals surface area contributed by atoms with Crippen LogP contribution in [0.25, 0.3) is 0 Å². The highest BCUT2D eigenvalue weighted by atomic mass is 35.5. The molecule has 14 heavy (non-hydrogen) atoms. The molecule has 1 nitrogen and oxygen atoms in total. The second-order valence-corrected chi connectivity index (χ2v) is 4.10. The van der Waals surface area contributed by atoms with Crippen molar-refractivity contribution in [3.8, 4) is 0 Å². The fourth-order valence-corrected chi connectivity index (χ4v) is 1.95. The first-order valence-electron chi connectivity index (χ1n) is 4.87. The molecule has 2 rings (SSSR count). The highest BCUT2D eigenvalue weighted by molar-refractivity contribution is 6.30. The van der Waals surface area contributed by atoms with Gasteiger partial charge in [-0.15, -0.1) is 0 Å². The fraction of sp³-hybridized carbons (Fsp3) is 0.333. The van der Waals surface area contributed by atoms with Crippen LogP contribution < -0.4 is 0 Å². The standard InChI is InChI=1S/C12H13ClO/c13-11-7-5-10(6-8-11)12(14)9-3-1-2-4-9/h1,3,5-9,12,14H,2,4H2/t9-,12-/m1/s1. The first kappa shape index (κ1) is 9.75. The summed E-state index contributed by atoms with van der Waals surface area (Å²) < 4.78 is 0. The van der Waals surface area contributed by atoms with Crippen molar-refractivity contribution in [1.29, 1.82) is 0 Å². The lowest BCUT2D eigenvalue weighted by atomic mass is 9.95. The van der Waals surface area contributed by atoms with Gasteiger partial charge in [0.25, 0.3) is 0 Å². The van der Waals surface area contributed by atoms with Gasteiger partial charge in [-0.05, 0) is 30.5 Å². The highest BCUT2D eigenvalue weighted by Gasteiger charge is 2.20. The van der Waals surface area contributed by atoms with E-state index < -0.39 is 0 Å². The molecule has 1 aromatic carbocycles. The quantitative estimate of drug-likeness (QED) is 0.740. The molecule has 0 saturated heterocycles. The smallest absolute Gasteiger partial charge is 0.0852 e. The van der Waals surface area contributed by atoms with Crippen LogP contribution in [0.1, 0.15) is 24.5 Å². The van der Waals surface area contributed by atoms with Crippen molar-refractivity contribution in [2.45, 2.75) is 18.9 Å². The normalized spacial score (nSPS) is 22.6. The predicted octanol–water partition coefficient (Wildman–Crippen LogP) is 3.34. The van der Waals surface area contributed by atoms with Crippen molar-refractivity contribution in [2.24, 2.45) is 5.92 Å². The van der Waals surface area contributed by atoms with Crippen LogP contribution in [-0.2, 0) is 0 Å². The molecular formula is C12H13ClO. The summed E-state index contributed by atoms with van der Waals surface area (Å²) in [6.45, 7) is 0. The zero-order valence-corrected chi connectivity index (χ0v) is 8.61. The summed E-state index contributed by atoms with van der Waals surface area (Å²) in [6, 6.07) is 7.41. The van der Waals surface area contributed by atoms with Gasteiger partial charge in [-0.25, -0.2) is 0 Å². The zero-order chi connectivity index (χ0) is 9.97. The molecular weight excluding hydrogens is 196 g/mol. The Balaban J connectivity index is 2.14. The Morgan fingerprint density at radius 3 is 2.57 bits per heavy atom. The van der Waals surface area contributed by atoms with Crippen LogP contribution in [0.15, 0.2) is 36.4 Å². The maximum absolute atomic E-state index is 10.0. The maximum Gasteiger partial charge on any atom is 0.0852 e. The molecule has 74 valence electrons. The van der Waals surface area contributed by atoms with Crippen molar-refractivity contribution < 1.29 is 5.11 Å². The molecule has 0 saturated carbocycles. The van der Waals surface area contributed by atoms with Gasteiger partial charge in [-0.3, -0.25) is 0 Å². The van der Waals surface area contributed by atoms with E-state index in [0.717, 1.165) is 18.4 Å². The van der Waals surface area contributed by atoms with E-state index in [0.29, 0.717) is 5.02 Å². The molecule has 2 atom stereocenters. The van der Waals surface area contributed by atoms with Gasteiger partial charge in [0, 0.05) is 10.9 Å². The Kier molecular flexibility index (Phi) is 2.90. The minimum absolute atomic E-state index is 0.274. The minimum atomic E-state index is -0.383. The average Bonchev–Trinajstić information content (AvgIpc) is 2.71. The van der Waals surface area contributed by atoms with E-state index in [4.69, 9.17) is 11.6 Å². The van der Waals surface area contributed by atoms with Crippen LogP contribution in [0.4, 0.5) is 0 Å².